The lowest BCUT2D eigenvalue weighted by Gasteiger charge is -2.59. The Kier molecular flexibility index (Phi) is 6.50. The Morgan fingerprint density at radius 1 is 1.03 bits per heavy atom. The van der Waals surface area contributed by atoms with E-state index in [0.29, 0.717) is 16.7 Å². The second-order valence-corrected chi connectivity index (χ2v) is 14.2. The number of fused-ring (bicyclic) bond motifs is 5. The normalized spacial score (nSPS) is 46.0. The maximum absolute atomic E-state index is 11.0. The third kappa shape index (κ3) is 4.04. The van der Waals surface area contributed by atoms with E-state index in [1.807, 2.05) is 0 Å². The highest BCUT2D eigenvalue weighted by atomic mass is 16.3. The van der Waals surface area contributed by atoms with Crippen molar-refractivity contribution in [3.05, 3.63) is 11.6 Å². The van der Waals surface area contributed by atoms with Gasteiger partial charge in [0.25, 0.3) is 0 Å². The lowest BCUT2D eigenvalue weighted by atomic mass is 9.46. The van der Waals surface area contributed by atoms with E-state index in [2.05, 4.69) is 54.5 Å². The van der Waals surface area contributed by atoms with E-state index in [1.165, 1.54) is 38.5 Å². The minimum absolute atomic E-state index is 0.00853. The van der Waals surface area contributed by atoms with Gasteiger partial charge in [-0.2, -0.15) is 0 Å². The summed E-state index contributed by atoms with van der Waals surface area (Å²) < 4.78 is 0. The van der Waals surface area contributed by atoms with Crippen LogP contribution in [0.15, 0.2) is 11.6 Å². The highest BCUT2D eigenvalue weighted by Crippen LogP contribution is 2.67. The van der Waals surface area contributed by atoms with Crippen LogP contribution in [0.1, 0.15) is 119 Å². The van der Waals surface area contributed by atoms with Crippen LogP contribution >= 0.6 is 0 Å². The smallest absolute Gasteiger partial charge is 0.0682 e. The van der Waals surface area contributed by atoms with Crippen LogP contribution in [-0.4, -0.2) is 21.9 Å². The van der Waals surface area contributed by atoms with Crippen molar-refractivity contribution in [1.82, 2.24) is 0 Å². The molecule has 184 valence electrons. The van der Waals surface area contributed by atoms with Gasteiger partial charge in [-0.05, 0) is 116 Å². The Morgan fingerprint density at radius 3 is 2.41 bits per heavy atom. The van der Waals surface area contributed by atoms with Gasteiger partial charge < -0.3 is 10.2 Å². The molecule has 0 bridgehead atoms. The fourth-order valence-corrected chi connectivity index (χ4v) is 9.04. The first-order valence-electron chi connectivity index (χ1n) is 13.9. The quantitative estimate of drug-likeness (QED) is 0.430. The van der Waals surface area contributed by atoms with Gasteiger partial charge in [0.05, 0.1) is 11.7 Å². The van der Waals surface area contributed by atoms with Crippen molar-refractivity contribution in [3.63, 3.8) is 0 Å². The number of allylic oxidation sites excluding steroid dienone is 1. The van der Waals surface area contributed by atoms with Gasteiger partial charge in [0.1, 0.15) is 0 Å². The highest BCUT2D eigenvalue weighted by molar-refractivity contribution is 5.27. The first-order chi connectivity index (χ1) is 14.8. The molecular weight excluding hydrogens is 392 g/mol. The highest BCUT2D eigenvalue weighted by Gasteiger charge is 2.59. The van der Waals surface area contributed by atoms with Gasteiger partial charge in [-0.25, -0.2) is 0 Å². The molecule has 1 unspecified atom stereocenters. The molecule has 3 saturated carbocycles. The summed E-state index contributed by atoms with van der Waals surface area (Å²) in [5.74, 6) is 4.04. The molecule has 2 N–H and O–H groups in total. The first-order valence-corrected chi connectivity index (χ1v) is 13.9. The maximum Gasteiger partial charge on any atom is 0.0682 e. The molecule has 0 heterocycles. The van der Waals surface area contributed by atoms with Crippen LogP contribution in [0.3, 0.4) is 0 Å². The van der Waals surface area contributed by atoms with E-state index in [4.69, 9.17) is 0 Å². The zero-order chi connectivity index (χ0) is 23.5. The molecule has 0 radical (unpaired) electrons. The minimum Gasteiger partial charge on any atom is -0.393 e. The summed E-state index contributed by atoms with van der Waals surface area (Å²) in [6.45, 7) is 16.3. The lowest BCUT2D eigenvalue weighted by Crippen LogP contribution is -2.52. The molecule has 0 spiro atoms. The van der Waals surface area contributed by atoms with Crippen molar-refractivity contribution in [1.29, 1.82) is 0 Å². The summed E-state index contributed by atoms with van der Waals surface area (Å²) in [7, 11) is 0. The van der Waals surface area contributed by atoms with E-state index in [0.717, 1.165) is 55.8 Å². The van der Waals surface area contributed by atoms with Crippen molar-refractivity contribution < 1.29 is 10.2 Å². The van der Waals surface area contributed by atoms with E-state index < -0.39 is 5.60 Å². The molecule has 0 amide bonds. The molecule has 32 heavy (non-hydrogen) atoms. The summed E-state index contributed by atoms with van der Waals surface area (Å²) in [6, 6.07) is 0. The molecule has 4 aliphatic rings. The van der Waals surface area contributed by atoms with Gasteiger partial charge in [0, 0.05) is 0 Å². The van der Waals surface area contributed by atoms with Crippen molar-refractivity contribution in [2.45, 2.75) is 131 Å². The molecule has 0 saturated heterocycles. The number of aliphatic hydroxyl groups is 2. The van der Waals surface area contributed by atoms with Crippen LogP contribution < -0.4 is 0 Å². The molecule has 9 atom stereocenters. The third-order valence-corrected chi connectivity index (χ3v) is 11.6. The van der Waals surface area contributed by atoms with Crippen LogP contribution in [0.4, 0.5) is 0 Å². The Morgan fingerprint density at radius 2 is 1.75 bits per heavy atom. The number of hydrogen-bond acceptors (Lipinski definition) is 2. The van der Waals surface area contributed by atoms with Crippen molar-refractivity contribution in [3.8, 4) is 0 Å². The van der Waals surface area contributed by atoms with Crippen LogP contribution in [0.2, 0.25) is 0 Å². The van der Waals surface area contributed by atoms with Crippen molar-refractivity contribution in [2.75, 3.05) is 0 Å². The zero-order valence-electron chi connectivity index (χ0n) is 22.2. The maximum atomic E-state index is 11.0. The molecule has 4 rings (SSSR count). The van der Waals surface area contributed by atoms with Crippen LogP contribution in [0.25, 0.3) is 0 Å². The van der Waals surface area contributed by atoms with Gasteiger partial charge in [-0.3, -0.25) is 0 Å². The van der Waals surface area contributed by atoms with Crippen molar-refractivity contribution in [2.24, 2.45) is 45.8 Å². The largest absolute Gasteiger partial charge is 0.393 e. The van der Waals surface area contributed by atoms with E-state index in [1.54, 1.807) is 5.57 Å². The minimum atomic E-state index is -0.452. The summed E-state index contributed by atoms with van der Waals surface area (Å²) in [4.78, 5) is 0. The predicted molar refractivity (Wildman–Crippen MR) is 134 cm³/mol. The van der Waals surface area contributed by atoms with Gasteiger partial charge in [-0.15, -0.1) is 0 Å². The molecule has 0 aliphatic heterocycles. The van der Waals surface area contributed by atoms with Gasteiger partial charge in [-0.1, -0.05) is 60.1 Å². The summed E-state index contributed by atoms with van der Waals surface area (Å²) in [5.41, 5.74) is 1.94. The predicted octanol–water partition coefficient (Wildman–Crippen LogP) is 7.53. The molecule has 3 fully saturated rings. The molecule has 4 aliphatic carbocycles. The number of aliphatic hydroxyl groups excluding tert-OH is 1. The summed E-state index contributed by atoms with van der Waals surface area (Å²) in [5, 5.41) is 21.6. The zero-order valence-corrected chi connectivity index (χ0v) is 22.2. The molecule has 2 heteroatoms. The van der Waals surface area contributed by atoms with Gasteiger partial charge in [0.15, 0.2) is 0 Å². The molecule has 0 aromatic carbocycles. The van der Waals surface area contributed by atoms with Crippen LogP contribution in [0.5, 0.6) is 0 Å². The topological polar surface area (TPSA) is 40.5 Å². The van der Waals surface area contributed by atoms with E-state index >= 15 is 0 Å². The van der Waals surface area contributed by atoms with Gasteiger partial charge in [0.2, 0.25) is 0 Å². The molecular formula is C30H52O2. The van der Waals surface area contributed by atoms with E-state index in [-0.39, 0.29) is 11.5 Å². The molecule has 0 aromatic rings. The lowest BCUT2D eigenvalue weighted by molar-refractivity contribution is -0.0760. The third-order valence-electron chi connectivity index (χ3n) is 11.6. The summed E-state index contributed by atoms with van der Waals surface area (Å²) in [6.07, 6.45) is 15.3. The Labute approximate surface area is 198 Å². The van der Waals surface area contributed by atoms with Crippen LogP contribution in [0, 0.1) is 45.8 Å². The fourth-order valence-electron chi connectivity index (χ4n) is 9.04. The average Bonchev–Trinajstić information content (AvgIpc) is 3.09. The molecule has 2 nitrogen and oxygen atoms in total. The summed E-state index contributed by atoms with van der Waals surface area (Å²) >= 11 is 0. The standard InChI is InChI=1S/C30H52O2/c1-8-30(32)18-17-28(6)21(19-30)10-11-22-24-13-12-23(29(24,7)16-15-25(22)28)20(2)9-14-26(31)27(3,4)5/h10,20,22-26,31-32H,8-9,11-19H2,1-7H3/t20-,22+,23-,24+,25?,26+,28+,29-,30+/m1/s1. The second-order valence-electron chi connectivity index (χ2n) is 14.2. The number of rotatable bonds is 5. The SMILES string of the molecule is CC[C@]1(O)CC[C@@]2(C)C(=CC[C@@H]3C2CC[C@]2(C)[C@@H]([C@H](C)CC[C@H](O)C(C)(C)C)CC[C@@H]32)C1. The Bertz CT molecular complexity index is 719. The van der Waals surface area contributed by atoms with Crippen LogP contribution in [-0.2, 0) is 0 Å². The van der Waals surface area contributed by atoms with Gasteiger partial charge >= 0.3 is 0 Å². The average molecular weight is 445 g/mol. The van der Waals surface area contributed by atoms with E-state index in [9.17, 15) is 10.2 Å². The first kappa shape index (κ1) is 24.8. The Hall–Kier alpha value is -0.340. The monoisotopic (exact) mass is 444 g/mol. The van der Waals surface area contributed by atoms with Crippen molar-refractivity contribution >= 4 is 0 Å². The molecule has 0 aromatic heterocycles. The number of hydrogen-bond donors (Lipinski definition) is 2. The fraction of sp³-hybridized carbons (Fsp3) is 0.933. The Balaban J connectivity index is 1.48. The second kappa shape index (κ2) is 8.40.